The first kappa shape index (κ1) is 21.3. The van der Waals surface area contributed by atoms with Crippen molar-refractivity contribution in [2.45, 2.75) is 50.4 Å². The molecule has 5 nitrogen and oxygen atoms in total. The highest BCUT2D eigenvalue weighted by atomic mass is 35.5. The summed E-state index contributed by atoms with van der Waals surface area (Å²) in [6.07, 6.45) is 3.72. The quantitative estimate of drug-likeness (QED) is 0.834. The van der Waals surface area contributed by atoms with Gasteiger partial charge in [0.25, 0.3) is 11.8 Å². The van der Waals surface area contributed by atoms with E-state index in [1.165, 1.54) is 0 Å². The summed E-state index contributed by atoms with van der Waals surface area (Å²) in [7, 11) is 1.89. The van der Waals surface area contributed by atoms with Crippen LogP contribution in [0, 0.1) is 0 Å². The van der Waals surface area contributed by atoms with Crippen molar-refractivity contribution < 1.29 is 9.59 Å². The third-order valence-corrected chi connectivity index (χ3v) is 6.27. The molecule has 4 rings (SSSR count). The van der Waals surface area contributed by atoms with Gasteiger partial charge in [-0.15, -0.1) is 12.4 Å². The molecule has 2 fully saturated rings. The molecule has 154 valence electrons. The maximum atomic E-state index is 13.1. The molecule has 0 spiro atoms. The van der Waals surface area contributed by atoms with E-state index in [4.69, 9.17) is 5.73 Å². The van der Waals surface area contributed by atoms with Gasteiger partial charge in [0.1, 0.15) is 0 Å². The topological polar surface area (TPSA) is 66.6 Å². The molecule has 2 unspecified atom stereocenters. The number of nitrogens with zero attached hydrogens (tertiary/aromatic N) is 2. The predicted octanol–water partition coefficient (Wildman–Crippen LogP) is 3.47. The molecule has 2 aromatic rings. The van der Waals surface area contributed by atoms with Crippen LogP contribution in [0.15, 0.2) is 54.6 Å². The number of hydrogen-bond donors (Lipinski definition) is 1. The number of carbonyl (C=O) groups is 2. The molecule has 0 saturated carbocycles. The van der Waals surface area contributed by atoms with Gasteiger partial charge >= 0.3 is 0 Å². The number of nitrogens with two attached hydrogens (primary N) is 1. The van der Waals surface area contributed by atoms with Gasteiger partial charge in [0.15, 0.2) is 0 Å². The van der Waals surface area contributed by atoms with Crippen LogP contribution in [0.4, 0.5) is 0 Å². The molecule has 2 bridgehead atoms. The fraction of sp³-hybridized carbons (Fsp3) is 0.391. The van der Waals surface area contributed by atoms with Gasteiger partial charge in [0, 0.05) is 42.8 Å². The molecule has 2 heterocycles. The van der Waals surface area contributed by atoms with Crippen molar-refractivity contribution in [1.29, 1.82) is 0 Å². The van der Waals surface area contributed by atoms with Crippen molar-refractivity contribution >= 4 is 24.2 Å². The van der Waals surface area contributed by atoms with Gasteiger partial charge in [-0.1, -0.05) is 30.3 Å². The van der Waals surface area contributed by atoms with E-state index in [0.717, 1.165) is 42.4 Å². The Balaban J connectivity index is 0.00000240. The fourth-order valence-corrected chi connectivity index (χ4v) is 4.68. The third kappa shape index (κ3) is 4.16. The molecule has 2 aliphatic rings. The van der Waals surface area contributed by atoms with E-state index in [2.05, 4.69) is 4.90 Å². The van der Waals surface area contributed by atoms with E-state index < -0.39 is 0 Å². The molecular formula is C23H28ClN3O2. The van der Waals surface area contributed by atoms with E-state index in [1.54, 1.807) is 0 Å². The zero-order chi connectivity index (χ0) is 19.7. The van der Waals surface area contributed by atoms with Crippen LogP contribution in [0.1, 0.15) is 52.0 Å². The zero-order valence-corrected chi connectivity index (χ0v) is 17.5. The second kappa shape index (κ2) is 8.97. The highest BCUT2D eigenvalue weighted by Crippen LogP contribution is 2.38. The molecule has 0 aliphatic carbocycles. The van der Waals surface area contributed by atoms with E-state index in [9.17, 15) is 9.59 Å². The van der Waals surface area contributed by atoms with Crippen molar-refractivity contribution in [2.24, 2.45) is 5.73 Å². The molecule has 0 radical (unpaired) electrons. The minimum atomic E-state index is 0. The zero-order valence-electron chi connectivity index (χ0n) is 16.7. The van der Waals surface area contributed by atoms with Crippen LogP contribution >= 0.6 is 12.4 Å². The first-order valence-electron chi connectivity index (χ1n) is 10.0. The van der Waals surface area contributed by atoms with Crippen LogP contribution in [0.2, 0.25) is 0 Å². The molecule has 2 aromatic carbocycles. The number of rotatable bonds is 4. The number of fused-ring (bicyclic) bond motifs is 2. The average Bonchev–Trinajstić information content (AvgIpc) is 3.02. The summed E-state index contributed by atoms with van der Waals surface area (Å²) in [5, 5.41) is 0. The lowest BCUT2D eigenvalue weighted by molar-refractivity contribution is 0.0407. The van der Waals surface area contributed by atoms with Gasteiger partial charge in [-0.3, -0.25) is 9.59 Å². The Hall–Kier alpha value is -2.37. The Labute approximate surface area is 178 Å². The molecule has 2 saturated heterocycles. The SMILES string of the molecule is CN(C(=O)c1ccccc1)C1CC2CCC(C1)N2C(=O)c1ccc(CN)cc1.Cl. The highest BCUT2D eigenvalue weighted by molar-refractivity contribution is 5.95. The Morgan fingerprint density at radius 3 is 2.10 bits per heavy atom. The Morgan fingerprint density at radius 1 is 0.966 bits per heavy atom. The maximum absolute atomic E-state index is 13.1. The second-order valence-corrected chi connectivity index (χ2v) is 7.91. The Morgan fingerprint density at radius 2 is 1.55 bits per heavy atom. The Bertz CT molecular complexity index is 842. The summed E-state index contributed by atoms with van der Waals surface area (Å²) in [4.78, 5) is 29.9. The monoisotopic (exact) mass is 413 g/mol. The van der Waals surface area contributed by atoms with Crippen molar-refractivity contribution in [3.05, 3.63) is 71.3 Å². The summed E-state index contributed by atoms with van der Waals surface area (Å²) in [6, 6.07) is 17.6. The largest absolute Gasteiger partial charge is 0.339 e. The molecule has 0 aromatic heterocycles. The molecular weight excluding hydrogens is 386 g/mol. The number of piperidine rings is 1. The minimum Gasteiger partial charge on any atom is -0.339 e. The van der Waals surface area contributed by atoms with Crippen LogP contribution in [0.3, 0.4) is 0 Å². The molecule has 29 heavy (non-hydrogen) atoms. The van der Waals surface area contributed by atoms with Crippen LogP contribution in [-0.4, -0.2) is 46.8 Å². The smallest absolute Gasteiger partial charge is 0.254 e. The lowest BCUT2D eigenvalue weighted by atomic mass is 9.94. The van der Waals surface area contributed by atoms with E-state index in [-0.39, 0.29) is 42.3 Å². The van der Waals surface area contributed by atoms with E-state index >= 15 is 0 Å². The van der Waals surface area contributed by atoms with Gasteiger partial charge in [-0.05, 0) is 55.5 Å². The number of carbonyl (C=O) groups excluding carboxylic acids is 2. The standard InChI is InChI=1S/C23H27N3O2.ClH/c1-25(22(27)17-5-3-2-4-6-17)21-13-19-11-12-20(14-21)26(19)23(28)18-9-7-16(15-24)8-10-18;/h2-10,19-21H,11-15,24H2,1H3;1H. The number of halogens is 1. The van der Waals surface area contributed by atoms with Crippen molar-refractivity contribution in [3.8, 4) is 0 Å². The third-order valence-electron chi connectivity index (χ3n) is 6.27. The molecule has 2 N–H and O–H groups in total. The normalized spacial score (nSPS) is 22.7. The van der Waals surface area contributed by atoms with Crippen molar-refractivity contribution in [2.75, 3.05) is 7.05 Å². The van der Waals surface area contributed by atoms with Gasteiger partial charge < -0.3 is 15.5 Å². The van der Waals surface area contributed by atoms with E-state index in [1.807, 2.05) is 66.5 Å². The average molecular weight is 414 g/mol. The fourth-order valence-electron chi connectivity index (χ4n) is 4.68. The summed E-state index contributed by atoms with van der Waals surface area (Å²) in [5.74, 6) is 0.161. The van der Waals surface area contributed by atoms with Gasteiger partial charge in [0.2, 0.25) is 0 Å². The highest BCUT2D eigenvalue weighted by Gasteiger charge is 2.45. The van der Waals surface area contributed by atoms with Crippen LogP contribution < -0.4 is 5.73 Å². The van der Waals surface area contributed by atoms with Crippen LogP contribution in [0.25, 0.3) is 0 Å². The summed E-state index contributed by atoms with van der Waals surface area (Å²) in [6.45, 7) is 0.479. The van der Waals surface area contributed by atoms with Crippen LogP contribution in [0.5, 0.6) is 0 Å². The summed E-state index contributed by atoms with van der Waals surface area (Å²) >= 11 is 0. The van der Waals surface area contributed by atoms with Crippen LogP contribution in [-0.2, 0) is 6.54 Å². The molecule has 2 amide bonds. The summed E-state index contributed by atoms with van der Waals surface area (Å²) in [5.41, 5.74) is 8.12. The van der Waals surface area contributed by atoms with Crippen molar-refractivity contribution in [1.82, 2.24) is 9.80 Å². The van der Waals surface area contributed by atoms with Gasteiger partial charge in [0.05, 0.1) is 0 Å². The molecule has 2 atom stereocenters. The van der Waals surface area contributed by atoms with Gasteiger partial charge in [-0.25, -0.2) is 0 Å². The maximum Gasteiger partial charge on any atom is 0.254 e. The van der Waals surface area contributed by atoms with Crippen molar-refractivity contribution in [3.63, 3.8) is 0 Å². The Kier molecular flexibility index (Phi) is 6.60. The molecule has 6 heteroatoms. The number of amides is 2. The lowest BCUT2D eigenvalue weighted by Gasteiger charge is -2.42. The summed E-state index contributed by atoms with van der Waals surface area (Å²) < 4.78 is 0. The first-order chi connectivity index (χ1) is 13.6. The predicted molar refractivity (Wildman–Crippen MR) is 116 cm³/mol. The number of hydrogen-bond acceptors (Lipinski definition) is 3. The molecule has 2 aliphatic heterocycles. The minimum absolute atomic E-state index is 0. The number of benzene rings is 2. The van der Waals surface area contributed by atoms with Gasteiger partial charge in [-0.2, -0.15) is 0 Å². The lowest BCUT2D eigenvalue weighted by Crippen LogP contribution is -2.52. The second-order valence-electron chi connectivity index (χ2n) is 7.91. The van der Waals surface area contributed by atoms with E-state index in [0.29, 0.717) is 6.54 Å². The first-order valence-corrected chi connectivity index (χ1v) is 10.0.